The minimum absolute atomic E-state index is 0.137. The van der Waals surface area contributed by atoms with Gasteiger partial charge in [-0.25, -0.2) is 0 Å². The molecular weight excluding hydrogens is 216 g/mol. The number of carbonyl (C=O) groups excluding carboxylic acids is 1. The van der Waals surface area contributed by atoms with E-state index in [0.29, 0.717) is 5.69 Å². The highest BCUT2D eigenvalue weighted by Gasteiger charge is 2.33. The van der Waals surface area contributed by atoms with Crippen LogP contribution in [0.2, 0.25) is 0 Å². The number of nitrogens with zero attached hydrogens (tertiary/aromatic N) is 1. The van der Waals surface area contributed by atoms with Crippen molar-refractivity contribution in [1.29, 1.82) is 0 Å². The number of carbonyl (C=O) groups is 1. The molecule has 1 heterocycles. The maximum atomic E-state index is 11.8. The maximum absolute atomic E-state index is 11.8. The molecule has 0 atom stereocenters. The fourth-order valence-electron chi connectivity index (χ4n) is 2.34. The molecule has 0 bridgehead atoms. The molecule has 4 nitrogen and oxygen atoms in total. The summed E-state index contributed by atoms with van der Waals surface area (Å²) in [7, 11) is 0. The van der Waals surface area contributed by atoms with Crippen molar-refractivity contribution in [3.05, 3.63) is 24.0 Å². The van der Waals surface area contributed by atoms with E-state index in [4.69, 9.17) is 0 Å². The van der Waals surface area contributed by atoms with Crippen molar-refractivity contribution in [2.45, 2.75) is 44.6 Å². The molecule has 0 spiro atoms. The second kappa shape index (κ2) is 4.84. The van der Waals surface area contributed by atoms with Gasteiger partial charge in [0.2, 0.25) is 5.91 Å². The Bertz CT molecular complexity index is 412. The van der Waals surface area contributed by atoms with E-state index in [1.54, 1.807) is 12.4 Å². The van der Waals surface area contributed by atoms with Gasteiger partial charge in [-0.15, -0.1) is 0 Å². The molecule has 0 aliphatic heterocycles. The number of aryl methyl sites for hydroxylation is 1. The number of pyridine rings is 1. The summed E-state index contributed by atoms with van der Waals surface area (Å²) in [6, 6.07) is 1.86. The smallest absolute Gasteiger partial charge is 0.227 e. The lowest BCUT2D eigenvalue weighted by Gasteiger charge is -2.21. The van der Waals surface area contributed by atoms with Crippen LogP contribution < -0.4 is 5.32 Å². The van der Waals surface area contributed by atoms with Gasteiger partial charge in [0.05, 0.1) is 23.9 Å². The fraction of sp³-hybridized carbons (Fsp3) is 0.538. The van der Waals surface area contributed by atoms with E-state index in [1.807, 2.05) is 13.0 Å². The van der Waals surface area contributed by atoms with Crippen molar-refractivity contribution in [3.63, 3.8) is 0 Å². The quantitative estimate of drug-likeness (QED) is 0.841. The van der Waals surface area contributed by atoms with Crippen LogP contribution in [0.4, 0.5) is 5.69 Å². The Morgan fingerprint density at radius 1 is 1.47 bits per heavy atom. The SMILES string of the molecule is Cc1cncc(NC(=O)CC2(O)CCCC2)c1. The summed E-state index contributed by atoms with van der Waals surface area (Å²) in [6.45, 7) is 1.92. The normalized spacial score (nSPS) is 18.0. The summed E-state index contributed by atoms with van der Waals surface area (Å²) in [5, 5.41) is 12.9. The van der Waals surface area contributed by atoms with Gasteiger partial charge in [0.1, 0.15) is 0 Å². The molecule has 4 heteroatoms. The number of anilines is 1. The third-order valence-electron chi connectivity index (χ3n) is 3.18. The van der Waals surface area contributed by atoms with Crippen LogP contribution in [0.25, 0.3) is 0 Å². The Kier molecular flexibility index (Phi) is 3.43. The Morgan fingerprint density at radius 2 is 2.18 bits per heavy atom. The van der Waals surface area contributed by atoms with E-state index in [9.17, 15) is 9.90 Å². The van der Waals surface area contributed by atoms with Crippen LogP contribution in [0.1, 0.15) is 37.7 Å². The Morgan fingerprint density at radius 3 is 2.82 bits per heavy atom. The summed E-state index contributed by atoms with van der Waals surface area (Å²) in [4.78, 5) is 15.8. The molecule has 1 saturated carbocycles. The number of hydrogen-bond donors (Lipinski definition) is 2. The molecule has 1 fully saturated rings. The van der Waals surface area contributed by atoms with Gasteiger partial charge in [-0.05, 0) is 31.4 Å². The Balaban J connectivity index is 1.93. The zero-order valence-electron chi connectivity index (χ0n) is 10.1. The summed E-state index contributed by atoms with van der Waals surface area (Å²) in [5.41, 5.74) is 0.903. The summed E-state index contributed by atoms with van der Waals surface area (Å²) in [5.74, 6) is -0.137. The summed E-state index contributed by atoms with van der Waals surface area (Å²) >= 11 is 0. The maximum Gasteiger partial charge on any atom is 0.227 e. The molecule has 92 valence electrons. The topological polar surface area (TPSA) is 62.2 Å². The number of nitrogens with one attached hydrogen (secondary N) is 1. The van der Waals surface area contributed by atoms with Gasteiger partial charge < -0.3 is 10.4 Å². The van der Waals surface area contributed by atoms with Gasteiger partial charge in [-0.2, -0.15) is 0 Å². The van der Waals surface area contributed by atoms with Crippen LogP contribution in [0, 0.1) is 6.92 Å². The third-order valence-corrected chi connectivity index (χ3v) is 3.18. The molecule has 1 aliphatic carbocycles. The Labute approximate surface area is 101 Å². The number of aromatic nitrogens is 1. The van der Waals surface area contributed by atoms with Crippen LogP contribution >= 0.6 is 0 Å². The molecule has 0 saturated heterocycles. The van der Waals surface area contributed by atoms with Gasteiger partial charge in [0.15, 0.2) is 0 Å². The molecule has 2 N–H and O–H groups in total. The second-order valence-electron chi connectivity index (χ2n) is 4.91. The molecule has 0 radical (unpaired) electrons. The number of hydrogen-bond acceptors (Lipinski definition) is 3. The molecular formula is C13H18N2O2. The predicted molar refractivity (Wildman–Crippen MR) is 65.6 cm³/mol. The zero-order chi connectivity index (χ0) is 12.3. The highest BCUT2D eigenvalue weighted by Crippen LogP contribution is 2.32. The van der Waals surface area contributed by atoms with E-state index in [1.165, 1.54) is 0 Å². The van der Waals surface area contributed by atoms with Crippen molar-refractivity contribution in [2.24, 2.45) is 0 Å². The van der Waals surface area contributed by atoms with E-state index < -0.39 is 5.60 Å². The Hall–Kier alpha value is -1.42. The van der Waals surface area contributed by atoms with Crippen LogP contribution in [-0.4, -0.2) is 21.6 Å². The van der Waals surface area contributed by atoms with E-state index in [-0.39, 0.29) is 12.3 Å². The highest BCUT2D eigenvalue weighted by molar-refractivity contribution is 5.91. The molecule has 1 aliphatic rings. The van der Waals surface area contributed by atoms with Crippen LogP contribution in [0.5, 0.6) is 0 Å². The third kappa shape index (κ3) is 3.27. The lowest BCUT2D eigenvalue weighted by atomic mass is 9.97. The van der Waals surface area contributed by atoms with E-state index in [2.05, 4.69) is 10.3 Å². The van der Waals surface area contributed by atoms with Gasteiger partial charge in [0, 0.05) is 6.20 Å². The largest absolute Gasteiger partial charge is 0.389 e. The predicted octanol–water partition coefficient (Wildman–Crippen LogP) is 2.02. The summed E-state index contributed by atoms with van der Waals surface area (Å²) < 4.78 is 0. The van der Waals surface area contributed by atoms with Crippen molar-refractivity contribution in [1.82, 2.24) is 4.98 Å². The fourth-order valence-corrected chi connectivity index (χ4v) is 2.34. The van der Waals surface area contributed by atoms with Crippen molar-refractivity contribution in [3.8, 4) is 0 Å². The van der Waals surface area contributed by atoms with Gasteiger partial charge in [-0.3, -0.25) is 9.78 Å². The minimum Gasteiger partial charge on any atom is -0.389 e. The second-order valence-corrected chi connectivity index (χ2v) is 4.91. The molecule has 0 aromatic carbocycles. The minimum atomic E-state index is -0.790. The molecule has 0 unspecified atom stereocenters. The first kappa shape index (κ1) is 12.0. The van der Waals surface area contributed by atoms with Crippen LogP contribution in [0.3, 0.4) is 0 Å². The lowest BCUT2D eigenvalue weighted by molar-refractivity contribution is -0.120. The number of rotatable bonds is 3. The zero-order valence-corrected chi connectivity index (χ0v) is 10.1. The average molecular weight is 234 g/mol. The summed E-state index contributed by atoms with van der Waals surface area (Å²) in [6.07, 6.45) is 7.01. The van der Waals surface area contributed by atoms with Gasteiger partial charge in [-0.1, -0.05) is 12.8 Å². The van der Waals surface area contributed by atoms with E-state index in [0.717, 1.165) is 31.2 Å². The number of amides is 1. The van der Waals surface area contributed by atoms with Crippen molar-refractivity contribution >= 4 is 11.6 Å². The monoisotopic (exact) mass is 234 g/mol. The number of aliphatic hydroxyl groups is 1. The van der Waals surface area contributed by atoms with Gasteiger partial charge in [0.25, 0.3) is 0 Å². The average Bonchev–Trinajstić information content (AvgIpc) is 2.64. The molecule has 2 rings (SSSR count). The molecule has 1 aromatic heterocycles. The molecule has 17 heavy (non-hydrogen) atoms. The molecule has 1 amide bonds. The van der Waals surface area contributed by atoms with E-state index >= 15 is 0 Å². The first-order chi connectivity index (χ1) is 8.07. The first-order valence-electron chi connectivity index (χ1n) is 6.01. The first-order valence-corrected chi connectivity index (χ1v) is 6.01. The van der Waals surface area contributed by atoms with Crippen LogP contribution in [0.15, 0.2) is 18.5 Å². The molecule has 1 aromatic rings. The highest BCUT2D eigenvalue weighted by atomic mass is 16.3. The standard InChI is InChI=1S/C13H18N2O2/c1-10-6-11(9-14-8-10)15-12(16)7-13(17)4-2-3-5-13/h6,8-9,17H,2-5,7H2,1H3,(H,15,16). The van der Waals surface area contributed by atoms with Gasteiger partial charge >= 0.3 is 0 Å². The van der Waals surface area contributed by atoms with Crippen molar-refractivity contribution in [2.75, 3.05) is 5.32 Å². The lowest BCUT2D eigenvalue weighted by Crippen LogP contribution is -2.30. The van der Waals surface area contributed by atoms with Crippen molar-refractivity contribution < 1.29 is 9.90 Å². The van der Waals surface area contributed by atoms with Crippen LogP contribution in [-0.2, 0) is 4.79 Å².